The first-order valence-electron chi connectivity index (χ1n) is 8.98. The second-order valence-corrected chi connectivity index (χ2v) is 8.23. The van der Waals surface area contributed by atoms with Gasteiger partial charge in [0, 0.05) is 6.54 Å². The average Bonchev–Trinajstić information content (AvgIpc) is 3.26. The highest BCUT2D eigenvalue weighted by molar-refractivity contribution is 5.94. The Balaban J connectivity index is 1.21. The number of benzene rings is 1. The number of carbonyl (C=O) groups is 1. The number of allylic oxidation sites excluding steroid dienone is 1. The zero-order valence-electron chi connectivity index (χ0n) is 12.9. The second-order valence-electron chi connectivity index (χ2n) is 8.23. The van der Waals surface area contributed by atoms with Gasteiger partial charge in [-0.3, -0.25) is 4.79 Å². The molecule has 7 rings (SSSR count). The van der Waals surface area contributed by atoms with Crippen molar-refractivity contribution in [3.63, 3.8) is 0 Å². The summed E-state index contributed by atoms with van der Waals surface area (Å²) in [7, 11) is 0. The van der Waals surface area contributed by atoms with Gasteiger partial charge in [-0.15, -0.1) is 0 Å². The van der Waals surface area contributed by atoms with Crippen molar-refractivity contribution in [2.75, 3.05) is 6.54 Å². The van der Waals surface area contributed by atoms with Gasteiger partial charge in [-0.2, -0.15) is 0 Å². The van der Waals surface area contributed by atoms with Crippen molar-refractivity contribution in [1.29, 1.82) is 0 Å². The molecular weight excluding hydrogens is 289 g/mol. The van der Waals surface area contributed by atoms with Crippen molar-refractivity contribution < 1.29 is 9.18 Å². The topological polar surface area (TPSA) is 29.1 Å². The van der Waals surface area contributed by atoms with Crippen LogP contribution in [0.5, 0.6) is 0 Å². The molecular formula is C20H20FNO. The van der Waals surface area contributed by atoms with Gasteiger partial charge in [0.25, 0.3) is 5.91 Å². The summed E-state index contributed by atoms with van der Waals surface area (Å²) in [5, 5.41) is 2.89. The van der Waals surface area contributed by atoms with Gasteiger partial charge in [0.2, 0.25) is 0 Å². The summed E-state index contributed by atoms with van der Waals surface area (Å²) in [5.41, 5.74) is 1.80. The van der Waals surface area contributed by atoms with Gasteiger partial charge in [-0.05, 0) is 72.3 Å². The van der Waals surface area contributed by atoms with Crippen LogP contribution in [0.2, 0.25) is 0 Å². The molecule has 6 saturated carbocycles. The fourth-order valence-corrected chi connectivity index (χ4v) is 7.66. The van der Waals surface area contributed by atoms with Crippen molar-refractivity contribution in [2.45, 2.75) is 12.8 Å². The highest BCUT2D eigenvalue weighted by atomic mass is 19.1. The predicted octanol–water partition coefficient (Wildman–Crippen LogP) is 3.26. The number of halogens is 1. The van der Waals surface area contributed by atoms with E-state index in [1.54, 1.807) is 23.8 Å². The predicted molar refractivity (Wildman–Crippen MR) is 84.0 cm³/mol. The number of carbonyl (C=O) groups excluding carboxylic acids is 1. The molecule has 0 heterocycles. The molecule has 0 aliphatic heterocycles. The Kier molecular flexibility index (Phi) is 2.25. The van der Waals surface area contributed by atoms with E-state index < -0.39 is 5.82 Å². The normalized spacial score (nSPS) is 46.4. The summed E-state index contributed by atoms with van der Waals surface area (Å²) >= 11 is 0. The minimum Gasteiger partial charge on any atom is -0.348 e. The largest absolute Gasteiger partial charge is 0.348 e. The molecule has 8 atom stereocenters. The van der Waals surface area contributed by atoms with Crippen LogP contribution in [-0.2, 0) is 0 Å². The molecule has 2 nitrogen and oxygen atoms in total. The van der Waals surface area contributed by atoms with E-state index in [4.69, 9.17) is 0 Å². The molecule has 8 unspecified atom stereocenters. The average molecular weight is 309 g/mol. The lowest BCUT2D eigenvalue weighted by Crippen LogP contribution is -2.30. The summed E-state index contributed by atoms with van der Waals surface area (Å²) in [6, 6.07) is 6.19. The Morgan fingerprint density at radius 3 is 2.39 bits per heavy atom. The highest BCUT2D eigenvalue weighted by Crippen LogP contribution is 2.84. The van der Waals surface area contributed by atoms with Crippen molar-refractivity contribution in [2.24, 2.45) is 47.3 Å². The molecule has 1 aromatic rings. The number of hydrogen-bond donors (Lipinski definition) is 1. The van der Waals surface area contributed by atoms with Gasteiger partial charge in [-0.25, -0.2) is 4.39 Å². The third-order valence-corrected chi connectivity index (χ3v) is 7.86. The lowest BCUT2D eigenvalue weighted by atomic mass is 9.71. The quantitative estimate of drug-likeness (QED) is 0.853. The van der Waals surface area contributed by atoms with Gasteiger partial charge in [0.05, 0.1) is 5.56 Å². The maximum Gasteiger partial charge on any atom is 0.254 e. The van der Waals surface area contributed by atoms with E-state index in [1.165, 1.54) is 18.9 Å². The van der Waals surface area contributed by atoms with Crippen molar-refractivity contribution in [1.82, 2.24) is 5.32 Å². The first-order chi connectivity index (χ1) is 11.3. The van der Waals surface area contributed by atoms with Gasteiger partial charge in [-0.1, -0.05) is 23.8 Å². The molecule has 0 aromatic heterocycles. The smallest absolute Gasteiger partial charge is 0.254 e. The van der Waals surface area contributed by atoms with Gasteiger partial charge < -0.3 is 5.32 Å². The third kappa shape index (κ3) is 1.35. The van der Waals surface area contributed by atoms with Crippen LogP contribution in [0.4, 0.5) is 4.39 Å². The molecule has 1 N–H and O–H groups in total. The summed E-state index contributed by atoms with van der Waals surface area (Å²) in [6.07, 6.45) is 5.25. The summed E-state index contributed by atoms with van der Waals surface area (Å²) in [5.74, 6) is 6.89. The highest BCUT2D eigenvalue weighted by Gasteiger charge is 2.78. The summed E-state index contributed by atoms with van der Waals surface area (Å²) < 4.78 is 13.7. The van der Waals surface area contributed by atoms with E-state index in [0.29, 0.717) is 6.54 Å². The van der Waals surface area contributed by atoms with Gasteiger partial charge >= 0.3 is 0 Å². The molecule has 1 amide bonds. The Bertz CT molecular complexity index is 726. The third-order valence-electron chi connectivity index (χ3n) is 7.86. The number of rotatable bonds is 3. The Labute approximate surface area is 135 Å². The molecule has 3 heteroatoms. The molecule has 6 bridgehead atoms. The molecule has 6 aliphatic carbocycles. The molecule has 118 valence electrons. The zero-order chi connectivity index (χ0) is 15.3. The van der Waals surface area contributed by atoms with Gasteiger partial charge in [0.1, 0.15) is 5.82 Å². The Hall–Kier alpha value is -1.64. The van der Waals surface area contributed by atoms with Crippen molar-refractivity contribution in [3.05, 3.63) is 47.3 Å². The molecule has 0 spiro atoms. The number of nitrogens with one attached hydrogen (secondary N) is 1. The van der Waals surface area contributed by atoms with Crippen molar-refractivity contribution >= 4 is 5.91 Å². The van der Waals surface area contributed by atoms with E-state index in [2.05, 4.69) is 11.4 Å². The molecule has 0 saturated heterocycles. The van der Waals surface area contributed by atoms with E-state index in [0.717, 1.165) is 47.3 Å². The van der Waals surface area contributed by atoms with Crippen LogP contribution in [0.25, 0.3) is 0 Å². The van der Waals surface area contributed by atoms with Gasteiger partial charge in [0.15, 0.2) is 0 Å². The molecule has 1 aromatic carbocycles. The van der Waals surface area contributed by atoms with Crippen LogP contribution < -0.4 is 5.32 Å². The van der Waals surface area contributed by atoms with Crippen LogP contribution in [0.15, 0.2) is 35.9 Å². The Morgan fingerprint density at radius 1 is 1.09 bits per heavy atom. The second kappa shape index (κ2) is 4.06. The van der Waals surface area contributed by atoms with E-state index in [1.807, 2.05) is 0 Å². The molecule has 6 fully saturated rings. The molecule has 0 radical (unpaired) electrons. The number of amides is 1. The number of hydrogen-bond acceptors (Lipinski definition) is 1. The van der Waals surface area contributed by atoms with Crippen molar-refractivity contribution in [3.8, 4) is 0 Å². The molecule has 6 aliphatic rings. The zero-order valence-corrected chi connectivity index (χ0v) is 12.9. The molecule has 23 heavy (non-hydrogen) atoms. The maximum absolute atomic E-state index is 13.7. The SMILES string of the molecule is O=C(NCC=C1C2C3CC4C5CC(C1C53)C42)c1ccccc1F. The lowest BCUT2D eigenvalue weighted by Gasteiger charge is -2.33. The van der Waals surface area contributed by atoms with E-state index in [-0.39, 0.29) is 11.5 Å². The van der Waals surface area contributed by atoms with E-state index in [9.17, 15) is 9.18 Å². The standard InChI is InChI=1S/C20H20FNO/c21-15-4-2-1-3-9(15)20(23)22-6-5-10-16-13-7-11-12-8-14(18(11)16)17(10)19(12)13/h1-5,11-14,16-19H,6-8H2,(H,22,23). The lowest BCUT2D eigenvalue weighted by molar-refractivity contribution is 0.0954. The summed E-state index contributed by atoms with van der Waals surface area (Å²) in [6.45, 7) is 0.545. The van der Waals surface area contributed by atoms with E-state index >= 15 is 0 Å². The van der Waals surface area contributed by atoms with Crippen LogP contribution in [0.1, 0.15) is 23.2 Å². The minimum atomic E-state index is -0.446. The first kappa shape index (κ1) is 12.7. The fraction of sp³-hybridized carbons (Fsp3) is 0.550. The minimum absolute atomic E-state index is 0.143. The van der Waals surface area contributed by atoms with Crippen LogP contribution in [0.3, 0.4) is 0 Å². The van der Waals surface area contributed by atoms with Crippen LogP contribution in [-0.4, -0.2) is 12.5 Å². The first-order valence-corrected chi connectivity index (χ1v) is 8.98. The maximum atomic E-state index is 13.7. The monoisotopic (exact) mass is 309 g/mol. The van der Waals surface area contributed by atoms with Crippen LogP contribution >= 0.6 is 0 Å². The van der Waals surface area contributed by atoms with Crippen LogP contribution in [0, 0.1) is 53.2 Å². The fourth-order valence-electron chi connectivity index (χ4n) is 7.66. The summed E-state index contributed by atoms with van der Waals surface area (Å²) in [4.78, 5) is 12.1. The Morgan fingerprint density at radius 2 is 1.74 bits per heavy atom.